The molecule has 0 bridgehead atoms. The van der Waals surface area contributed by atoms with Crippen LogP contribution in [0.4, 0.5) is 5.95 Å². The predicted octanol–water partition coefficient (Wildman–Crippen LogP) is 2.96. The lowest BCUT2D eigenvalue weighted by Crippen LogP contribution is -2.15. The minimum absolute atomic E-state index is 0.0508. The molecule has 3 aromatic rings. The number of hydrogen-bond donors (Lipinski definition) is 2. The van der Waals surface area contributed by atoms with Crippen molar-refractivity contribution in [3.05, 3.63) is 47.2 Å². The van der Waals surface area contributed by atoms with E-state index in [-0.39, 0.29) is 24.4 Å². The van der Waals surface area contributed by atoms with E-state index in [1.54, 1.807) is 0 Å². The second-order valence-corrected chi connectivity index (χ2v) is 6.64. The van der Waals surface area contributed by atoms with Gasteiger partial charge < -0.3 is 4.74 Å². The summed E-state index contributed by atoms with van der Waals surface area (Å²) in [5.41, 5.74) is 1.78. The molecule has 1 aliphatic heterocycles. The van der Waals surface area contributed by atoms with Gasteiger partial charge in [0.2, 0.25) is 11.9 Å². The molecule has 2 N–H and O–H groups in total. The fourth-order valence-corrected chi connectivity index (χ4v) is 3.53. The summed E-state index contributed by atoms with van der Waals surface area (Å²) < 4.78 is 5.54. The second kappa shape index (κ2) is 7.12. The number of nitrogens with zero attached hydrogens (tertiary/aromatic N) is 3. The number of nitrogens with one attached hydrogen (secondary N) is 2. The number of hydrogen-bond acceptors (Lipinski definition) is 6. The average molecular weight is 355 g/mol. The first-order valence-corrected chi connectivity index (χ1v) is 8.99. The van der Waals surface area contributed by atoms with E-state index >= 15 is 0 Å². The third-order valence-electron chi connectivity index (χ3n) is 3.90. The maximum absolute atomic E-state index is 12.2. The molecule has 0 radical (unpaired) electrons. The zero-order valence-electron chi connectivity index (χ0n) is 13.4. The third kappa shape index (κ3) is 3.75. The molecule has 1 aromatic carbocycles. The summed E-state index contributed by atoms with van der Waals surface area (Å²) in [6, 6.07) is 9.91. The lowest BCUT2D eigenvalue weighted by Gasteiger charge is -2.03. The maximum Gasteiger partial charge on any atom is 0.248 e. The number of anilines is 1. The summed E-state index contributed by atoms with van der Waals surface area (Å²) in [6.45, 7) is 0.737. The van der Waals surface area contributed by atoms with E-state index in [1.165, 1.54) is 11.3 Å². The number of rotatable bonds is 5. The van der Waals surface area contributed by atoms with E-state index in [0.29, 0.717) is 5.82 Å². The Morgan fingerprint density at radius 3 is 3.00 bits per heavy atom. The molecule has 8 heteroatoms. The van der Waals surface area contributed by atoms with Crippen molar-refractivity contribution in [1.29, 1.82) is 0 Å². The van der Waals surface area contributed by atoms with Gasteiger partial charge in [0.05, 0.1) is 12.1 Å². The highest BCUT2D eigenvalue weighted by molar-refractivity contribution is 7.13. The van der Waals surface area contributed by atoms with Crippen LogP contribution in [0.25, 0.3) is 10.6 Å². The maximum atomic E-state index is 12.2. The Morgan fingerprint density at radius 2 is 2.20 bits per heavy atom. The molecule has 3 heterocycles. The van der Waals surface area contributed by atoms with Crippen LogP contribution in [-0.4, -0.2) is 32.7 Å². The van der Waals surface area contributed by atoms with Gasteiger partial charge in [0.15, 0.2) is 5.82 Å². The quantitative estimate of drug-likeness (QED) is 0.734. The number of amides is 1. The summed E-state index contributed by atoms with van der Waals surface area (Å²) in [5.74, 6) is 0.740. The van der Waals surface area contributed by atoms with E-state index in [0.717, 1.165) is 35.7 Å². The van der Waals surface area contributed by atoms with Crippen LogP contribution in [0.5, 0.6) is 0 Å². The van der Waals surface area contributed by atoms with Gasteiger partial charge in [0.25, 0.3) is 0 Å². The van der Waals surface area contributed by atoms with Crippen molar-refractivity contribution in [1.82, 2.24) is 20.2 Å². The summed E-state index contributed by atoms with van der Waals surface area (Å²) in [6.07, 6.45) is 2.07. The Morgan fingerprint density at radius 1 is 1.32 bits per heavy atom. The van der Waals surface area contributed by atoms with Crippen molar-refractivity contribution in [2.75, 3.05) is 11.9 Å². The van der Waals surface area contributed by atoms with Crippen LogP contribution in [0.1, 0.15) is 30.5 Å². The molecule has 0 spiro atoms. The highest BCUT2D eigenvalue weighted by Gasteiger charge is 2.22. The van der Waals surface area contributed by atoms with Gasteiger partial charge in [-0.1, -0.05) is 30.3 Å². The van der Waals surface area contributed by atoms with Crippen LogP contribution in [0, 0.1) is 0 Å². The van der Waals surface area contributed by atoms with Gasteiger partial charge in [0.1, 0.15) is 11.1 Å². The van der Waals surface area contributed by atoms with Gasteiger partial charge >= 0.3 is 0 Å². The van der Waals surface area contributed by atoms with E-state index in [4.69, 9.17) is 4.74 Å². The first kappa shape index (κ1) is 15.9. The molecule has 1 amide bonds. The average Bonchev–Trinajstić information content (AvgIpc) is 3.37. The smallest absolute Gasteiger partial charge is 0.248 e. The third-order valence-corrected chi connectivity index (χ3v) is 4.84. The highest BCUT2D eigenvalue weighted by atomic mass is 32.1. The number of H-pyrrole nitrogens is 1. The minimum Gasteiger partial charge on any atom is -0.370 e. The molecular formula is C17H17N5O2S. The molecule has 0 unspecified atom stereocenters. The molecule has 1 fully saturated rings. The fourth-order valence-electron chi connectivity index (χ4n) is 2.70. The molecule has 25 heavy (non-hydrogen) atoms. The topological polar surface area (TPSA) is 92.8 Å². The van der Waals surface area contributed by atoms with Crippen LogP contribution >= 0.6 is 11.3 Å². The molecule has 4 rings (SSSR count). The number of aromatic nitrogens is 4. The fraction of sp³-hybridized carbons (Fsp3) is 0.294. The summed E-state index contributed by atoms with van der Waals surface area (Å²) in [4.78, 5) is 21.0. The number of thiazole rings is 1. The Kier molecular flexibility index (Phi) is 4.53. The minimum atomic E-state index is -0.192. The van der Waals surface area contributed by atoms with Crippen molar-refractivity contribution in [3.8, 4) is 10.6 Å². The number of carbonyl (C=O) groups is 1. The van der Waals surface area contributed by atoms with Crippen molar-refractivity contribution >= 4 is 23.2 Å². The Bertz CT molecular complexity index is 855. The number of carbonyl (C=O) groups excluding carboxylic acids is 1. The molecule has 1 atom stereocenters. The van der Waals surface area contributed by atoms with E-state index < -0.39 is 0 Å². The lowest BCUT2D eigenvalue weighted by molar-refractivity contribution is -0.115. The number of ether oxygens (including phenoxy) is 1. The normalized spacial score (nSPS) is 16.9. The highest BCUT2D eigenvalue weighted by Crippen LogP contribution is 2.26. The first-order chi connectivity index (χ1) is 12.3. The lowest BCUT2D eigenvalue weighted by atomic mass is 10.2. The van der Waals surface area contributed by atoms with Crippen LogP contribution in [0.3, 0.4) is 0 Å². The van der Waals surface area contributed by atoms with Gasteiger partial charge in [-0.3, -0.25) is 15.2 Å². The van der Waals surface area contributed by atoms with Gasteiger partial charge in [-0.2, -0.15) is 4.98 Å². The second-order valence-electron chi connectivity index (χ2n) is 5.78. The first-order valence-electron chi connectivity index (χ1n) is 8.11. The Hall–Kier alpha value is -2.58. The van der Waals surface area contributed by atoms with Crippen LogP contribution in [-0.2, 0) is 16.0 Å². The van der Waals surface area contributed by atoms with Crippen LogP contribution < -0.4 is 5.32 Å². The SMILES string of the molecule is O=C(Cc1csc(-c2ccccc2)n1)Nc1n[nH]c([C@@H]2CCCO2)n1. The molecule has 2 aromatic heterocycles. The van der Waals surface area contributed by atoms with Crippen molar-refractivity contribution in [2.24, 2.45) is 0 Å². The van der Waals surface area contributed by atoms with E-state index in [2.05, 4.69) is 25.5 Å². The molecule has 0 saturated carbocycles. The zero-order chi connectivity index (χ0) is 17.1. The zero-order valence-corrected chi connectivity index (χ0v) is 14.3. The van der Waals surface area contributed by atoms with Gasteiger partial charge in [0, 0.05) is 17.6 Å². The van der Waals surface area contributed by atoms with E-state index in [1.807, 2.05) is 35.7 Å². The summed E-state index contributed by atoms with van der Waals surface area (Å²) >= 11 is 1.53. The Labute approximate surface area is 148 Å². The predicted molar refractivity (Wildman–Crippen MR) is 94.2 cm³/mol. The van der Waals surface area contributed by atoms with Gasteiger partial charge in [-0.25, -0.2) is 4.98 Å². The monoisotopic (exact) mass is 355 g/mol. The van der Waals surface area contributed by atoms with Gasteiger partial charge in [-0.05, 0) is 12.8 Å². The molecule has 128 valence electrons. The van der Waals surface area contributed by atoms with Crippen LogP contribution in [0.2, 0.25) is 0 Å². The Balaban J connectivity index is 1.37. The van der Waals surface area contributed by atoms with Crippen molar-refractivity contribution in [2.45, 2.75) is 25.4 Å². The van der Waals surface area contributed by atoms with Gasteiger partial charge in [-0.15, -0.1) is 16.4 Å². The van der Waals surface area contributed by atoms with Crippen LogP contribution in [0.15, 0.2) is 35.7 Å². The molecule has 1 saturated heterocycles. The largest absolute Gasteiger partial charge is 0.370 e. The standard InChI is InChI=1S/C17H17N5O2S/c23-14(19-17-20-15(21-22-17)13-7-4-8-24-13)9-12-10-25-16(18-12)11-5-2-1-3-6-11/h1-3,5-6,10,13H,4,7-9H2,(H2,19,20,21,22,23)/t13-/m0/s1. The number of aromatic amines is 1. The van der Waals surface area contributed by atoms with E-state index in [9.17, 15) is 4.79 Å². The van der Waals surface area contributed by atoms with Crippen molar-refractivity contribution < 1.29 is 9.53 Å². The molecule has 7 nitrogen and oxygen atoms in total. The molecule has 0 aliphatic carbocycles. The summed E-state index contributed by atoms with van der Waals surface area (Å²) in [7, 11) is 0. The summed E-state index contributed by atoms with van der Waals surface area (Å²) in [5, 5.41) is 12.4. The molecular weight excluding hydrogens is 338 g/mol. The van der Waals surface area contributed by atoms with Crippen molar-refractivity contribution in [3.63, 3.8) is 0 Å². The number of benzene rings is 1. The molecule has 1 aliphatic rings.